The molecule has 0 aromatic rings. The Kier molecular flexibility index (Phi) is 28.0. The maximum Gasteiger partial charge on any atom is 0.246 e. The molecule has 0 atom stereocenters. The van der Waals surface area contributed by atoms with Crippen molar-refractivity contribution in [2.75, 3.05) is 52.7 Å². The third-order valence-corrected chi connectivity index (χ3v) is 2.10. The van der Waals surface area contributed by atoms with Gasteiger partial charge in [0.2, 0.25) is 11.8 Å². The van der Waals surface area contributed by atoms with Crippen LogP contribution >= 0.6 is 0 Å². The van der Waals surface area contributed by atoms with Crippen molar-refractivity contribution in [3.63, 3.8) is 0 Å². The van der Waals surface area contributed by atoms with Gasteiger partial charge in [0.25, 0.3) is 0 Å². The molecule has 0 radical (unpaired) electrons. The Bertz CT molecular complexity index is 335. The van der Waals surface area contributed by atoms with Crippen LogP contribution in [-0.4, -0.2) is 70.3 Å². The van der Waals surface area contributed by atoms with Crippen molar-refractivity contribution in [1.29, 1.82) is 0 Å². The summed E-state index contributed by atoms with van der Waals surface area (Å²) in [6.07, 6.45) is 0. The molecule has 154 valence electrons. The van der Waals surface area contributed by atoms with E-state index in [1.807, 2.05) is 27.7 Å². The Balaban J connectivity index is -0.000000250. The van der Waals surface area contributed by atoms with Gasteiger partial charge in [-0.25, -0.2) is 0 Å². The summed E-state index contributed by atoms with van der Waals surface area (Å²) in [5.41, 5.74) is 0. The van der Waals surface area contributed by atoms with E-state index in [-0.39, 0.29) is 40.3 Å². The molecule has 0 bridgehead atoms. The van der Waals surface area contributed by atoms with Crippen LogP contribution < -0.4 is 10.6 Å². The minimum atomic E-state index is -0.250. The second-order valence-electron chi connectivity index (χ2n) is 4.25. The highest BCUT2D eigenvalue weighted by molar-refractivity contribution is 5.77. The van der Waals surface area contributed by atoms with Crippen LogP contribution in [0, 0.1) is 0 Å². The van der Waals surface area contributed by atoms with Gasteiger partial charge in [0.1, 0.15) is 13.2 Å². The van der Waals surface area contributed by atoms with E-state index in [4.69, 9.17) is 14.2 Å². The lowest BCUT2D eigenvalue weighted by molar-refractivity contribution is -0.126. The summed E-state index contributed by atoms with van der Waals surface area (Å²) < 4.78 is 15.3. The lowest BCUT2D eigenvalue weighted by atomic mass is 10.5. The van der Waals surface area contributed by atoms with Crippen LogP contribution in [0.3, 0.4) is 0 Å². The molecule has 0 aliphatic carbocycles. The number of carbonyl (C=O) groups excluding carboxylic acids is 3. The summed E-state index contributed by atoms with van der Waals surface area (Å²) in [6, 6.07) is 0. The molecular weight excluding hydrogens is 328 g/mol. The molecule has 25 heavy (non-hydrogen) atoms. The van der Waals surface area contributed by atoms with Crippen LogP contribution in [-0.2, 0) is 28.6 Å². The number of amides is 2. The van der Waals surface area contributed by atoms with Gasteiger partial charge in [-0.3, -0.25) is 14.4 Å². The summed E-state index contributed by atoms with van der Waals surface area (Å²) in [5, 5.41) is 5.18. The minimum Gasteiger partial charge on any atom is -0.377 e. The van der Waals surface area contributed by atoms with Crippen LogP contribution in [0.25, 0.3) is 0 Å². The fourth-order valence-electron chi connectivity index (χ4n) is 1.21. The fraction of sp³-hybridized carbons (Fsp3) is 0.824. The highest BCUT2D eigenvalue weighted by Crippen LogP contribution is 1.80. The van der Waals surface area contributed by atoms with Crippen LogP contribution in [0.1, 0.15) is 44.4 Å². The Morgan fingerprint density at radius 2 is 1.20 bits per heavy atom. The molecule has 0 aliphatic heterocycles. The zero-order valence-corrected chi connectivity index (χ0v) is 16.6. The Hall–Kier alpha value is -1.51. The Labute approximate surface area is 154 Å². The molecule has 0 aliphatic rings. The van der Waals surface area contributed by atoms with Crippen molar-refractivity contribution in [3.8, 4) is 0 Å². The fourth-order valence-corrected chi connectivity index (χ4v) is 1.21. The van der Waals surface area contributed by atoms with Crippen molar-refractivity contribution in [2.24, 2.45) is 0 Å². The molecule has 0 fully saturated rings. The largest absolute Gasteiger partial charge is 0.377 e. The molecule has 0 spiro atoms. The molecule has 0 aromatic heterocycles. The van der Waals surface area contributed by atoms with Gasteiger partial charge in [0, 0.05) is 22.9 Å². The molecule has 8 nitrogen and oxygen atoms in total. The van der Waals surface area contributed by atoms with Crippen LogP contribution in [0.5, 0.6) is 0 Å². The Morgan fingerprint density at radius 1 is 0.720 bits per heavy atom. The smallest absolute Gasteiger partial charge is 0.246 e. The van der Waals surface area contributed by atoms with Crippen LogP contribution in [0.4, 0.5) is 0 Å². The van der Waals surface area contributed by atoms with Gasteiger partial charge >= 0.3 is 0 Å². The van der Waals surface area contributed by atoms with E-state index in [0.717, 1.165) is 0 Å². The number of carbonyl (C=O) groups is 3. The van der Waals surface area contributed by atoms with Gasteiger partial charge in [-0.2, -0.15) is 0 Å². The average molecular weight is 369 g/mol. The van der Waals surface area contributed by atoms with E-state index in [1.165, 1.54) is 13.8 Å². The van der Waals surface area contributed by atoms with Gasteiger partial charge in [0.05, 0.1) is 26.4 Å². The first-order chi connectivity index (χ1) is 12.0. The van der Waals surface area contributed by atoms with Crippen molar-refractivity contribution in [2.45, 2.75) is 41.5 Å². The first-order valence-electron chi connectivity index (χ1n) is 8.76. The molecule has 0 saturated heterocycles. The Morgan fingerprint density at radius 3 is 1.76 bits per heavy atom. The zero-order valence-electron chi connectivity index (χ0n) is 16.6. The highest BCUT2D eigenvalue weighted by Gasteiger charge is 2.01. The summed E-state index contributed by atoms with van der Waals surface area (Å²) in [5.74, 6) is -0.401. The lowest BCUT2D eigenvalue weighted by Crippen LogP contribution is -2.31. The van der Waals surface area contributed by atoms with E-state index in [9.17, 15) is 14.4 Å². The number of nitrogens with one attached hydrogen (secondary N) is 2. The first kappa shape index (κ1) is 28.3. The zero-order chi connectivity index (χ0) is 19.9. The number of hydrogen-bond donors (Lipinski definition) is 2. The summed E-state index contributed by atoms with van der Waals surface area (Å²) in [6.45, 7) is 13.0. The normalized spacial score (nSPS) is 9.04. The maximum atomic E-state index is 11.3. The number of Topliss-reactive ketones (excluding diaryl/α,β-unsaturated/α-hetero) is 1. The molecule has 0 unspecified atom stereocenters. The van der Waals surface area contributed by atoms with Crippen LogP contribution in [0.15, 0.2) is 0 Å². The molecule has 2 amide bonds. The summed E-state index contributed by atoms with van der Waals surface area (Å²) in [7, 11) is 0. The molecule has 0 heterocycles. The highest BCUT2D eigenvalue weighted by atomic mass is 16.5. The SMILES string of the molecule is CC.CC.CC(=O)COCCNC(=O)COCCOCCNC(C)=O.[HH].[HH]. The van der Waals surface area contributed by atoms with Crippen molar-refractivity contribution in [3.05, 3.63) is 0 Å². The number of ether oxygens (including phenoxy) is 3. The predicted octanol–water partition coefficient (Wildman–Crippen LogP) is 1.42. The monoisotopic (exact) mass is 368 g/mol. The molecule has 8 heteroatoms. The first-order valence-corrected chi connectivity index (χ1v) is 8.76. The number of ketones is 1. The lowest BCUT2D eigenvalue weighted by Gasteiger charge is -2.07. The summed E-state index contributed by atoms with van der Waals surface area (Å²) >= 11 is 0. The van der Waals surface area contributed by atoms with Gasteiger partial charge in [-0.15, -0.1) is 0 Å². The molecular formula is C17H40N2O6. The number of rotatable bonds is 13. The van der Waals surface area contributed by atoms with Gasteiger partial charge in [-0.1, -0.05) is 27.7 Å². The van der Waals surface area contributed by atoms with Crippen molar-refractivity contribution >= 4 is 17.6 Å². The topological polar surface area (TPSA) is 103 Å². The summed E-state index contributed by atoms with van der Waals surface area (Å²) in [4.78, 5) is 32.4. The van der Waals surface area contributed by atoms with E-state index >= 15 is 0 Å². The predicted molar refractivity (Wildman–Crippen MR) is 102 cm³/mol. The molecule has 0 rings (SSSR count). The third-order valence-electron chi connectivity index (χ3n) is 2.10. The van der Waals surface area contributed by atoms with Gasteiger partial charge in [0.15, 0.2) is 5.78 Å². The third kappa shape index (κ3) is 30.9. The van der Waals surface area contributed by atoms with Gasteiger partial charge < -0.3 is 24.8 Å². The van der Waals surface area contributed by atoms with E-state index in [2.05, 4.69) is 10.6 Å². The van der Waals surface area contributed by atoms with E-state index in [0.29, 0.717) is 32.9 Å². The molecule has 0 aromatic carbocycles. The van der Waals surface area contributed by atoms with Gasteiger partial charge in [-0.05, 0) is 6.92 Å². The van der Waals surface area contributed by atoms with E-state index < -0.39 is 0 Å². The van der Waals surface area contributed by atoms with Crippen molar-refractivity contribution in [1.82, 2.24) is 10.6 Å². The molecule has 0 saturated carbocycles. The number of hydrogen-bond acceptors (Lipinski definition) is 6. The van der Waals surface area contributed by atoms with Crippen LogP contribution in [0.2, 0.25) is 0 Å². The van der Waals surface area contributed by atoms with Crippen molar-refractivity contribution < 1.29 is 31.4 Å². The second kappa shape index (κ2) is 24.7. The second-order valence-corrected chi connectivity index (χ2v) is 4.25. The average Bonchev–Trinajstić information content (AvgIpc) is 2.60. The standard InChI is InChI=1S/C13H24N2O6.2C2H6.2H2/c1-11(16)9-20-6-4-15-13(18)10-21-8-7-19-5-3-14-12(2)17;2*1-2;;/h3-10H2,1-2H3,(H,14,17)(H,15,18);2*1-2H3;2*1H. The van der Waals surface area contributed by atoms with E-state index in [1.54, 1.807) is 0 Å². The minimum absolute atomic E-state index is 0. The molecule has 2 N–H and O–H groups in total. The maximum absolute atomic E-state index is 11.3. The quantitative estimate of drug-likeness (QED) is 0.477.